The average Bonchev–Trinajstić information content (AvgIpc) is 2.61. The van der Waals surface area contributed by atoms with Crippen molar-refractivity contribution in [2.24, 2.45) is 0 Å². The summed E-state index contributed by atoms with van der Waals surface area (Å²) in [5.74, 6) is 0.554. The number of benzene rings is 1. The fourth-order valence-electron chi connectivity index (χ4n) is 1.52. The van der Waals surface area contributed by atoms with E-state index in [1.165, 1.54) is 5.56 Å². The van der Waals surface area contributed by atoms with Crippen molar-refractivity contribution >= 4 is 27.5 Å². The normalized spacial score (nSPS) is 10.6. The minimum absolute atomic E-state index is 0.554. The summed E-state index contributed by atoms with van der Waals surface area (Å²) in [6.45, 7) is 2.04. The maximum atomic E-state index is 5.83. The van der Waals surface area contributed by atoms with Crippen molar-refractivity contribution in [3.8, 4) is 11.3 Å². The van der Waals surface area contributed by atoms with Crippen LogP contribution in [0.3, 0.4) is 0 Å². The third-order valence-corrected chi connectivity index (χ3v) is 3.24. The monoisotopic (exact) mass is 283 g/mol. The summed E-state index contributed by atoms with van der Waals surface area (Å²) >= 11 is 9.25. The first-order valence-corrected chi connectivity index (χ1v) is 6.04. The van der Waals surface area contributed by atoms with E-state index in [0.717, 1.165) is 21.4 Å². The van der Waals surface area contributed by atoms with E-state index in [9.17, 15) is 0 Å². The summed E-state index contributed by atoms with van der Waals surface area (Å²) in [4.78, 5) is 3.33. The molecule has 0 amide bonds. The third-order valence-electron chi connectivity index (χ3n) is 2.42. The predicted molar refractivity (Wildman–Crippen MR) is 68.2 cm³/mol. The lowest BCUT2D eigenvalue weighted by molar-refractivity contribution is 1.22. The van der Waals surface area contributed by atoms with E-state index in [4.69, 9.17) is 11.6 Å². The lowest BCUT2D eigenvalue weighted by atomic mass is 10.1. The maximum absolute atomic E-state index is 5.83. The molecule has 3 heteroatoms. The number of nitrogens with one attached hydrogen (secondary N) is 1. The topological polar surface area (TPSA) is 15.8 Å². The smallest absolute Gasteiger partial charge is 0.0491 e. The molecule has 1 N–H and O–H groups in total. The van der Waals surface area contributed by atoms with Crippen LogP contribution in [-0.4, -0.2) is 4.98 Å². The van der Waals surface area contributed by atoms with Crippen LogP contribution >= 0.6 is 27.5 Å². The van der Waals surface area contributed by atoms with Gasteiger partial charge in [0, 0.05) is 21.7 Å². The van der Waals surface area contributed by atoms with Crippen molar-refractivity contribution in [2.75, 3.05) is 0 Å². The van der Waals surface area contributed by atoms with E-state index >= 15 is 0 Å². The first kappa shape index (κ1) is 10.8. The van der Waals surface area contributed by atoms with Gasteiger partial charge in [0.15, 0.2) is 0 Å². The fourth-order valence-corrected chi connectivity index (χ4v) is 2.07. The molecule has 0 bridgehead atoms. The van der Waals surface area contributed by atoms with Gasteiger partial charge < -0.3 is 4.98 Å². The highest BCUT2D eigenvalue weighted by molar-refractivity contribution is 9.10. The van der Waals surface area contributed by atoms with Gasteiger partial charge in [0.2, 0.25) is 0 Å². The molecule has 0 aliphatic carbocycles. The second-order valence-corrected chi connectivity index (χ2v) is 4.66. The van der Waals surface area contributed by atoms with Crippen molar-refractivity contribution in [3.05, 3.63) is 46.1 Å². The highest BCUT2D eigenvalue weighted by atomic mass is 79.9. The molecule has 0 saturated carbocycles. The Morgan fingerprint density at radius 1 is 1.27 bits per heavy atom. The van der Waals surface area contributed by atoms with Crippen molar-refractivity contribution in [1.29, 1.82) is 0 Å². The van der Waals surface area contributed by atoms with Gasteiger partial charge in [-0.1, -0.05) is 28.1 Å². The number of hydrogen-bond donors (Lipinski definition) is 1. The molecule has 78 valence electrons. The quantitative estimate of drug-likeness (QED) is 0.782. The molecule has 1 nitrogen and oxygen atoms in total. The number of hydrogen-bond acceptors (Lipinski definition) is 0. The maximum Gasteiger partial charge on any atom is 0.0491 e. The molecule has 1 heterocycles. The zero-order chi connectivity index (χ0) is 10.8. The molecule has 0 aliphatic rings. The Morgan fingerprint density at radius 3 is 2.47 bits per heavy atom. The van der Waals surface area contributed by atoms with Gasteiger partial charge in [0.25, 0.3) is 0 Å². The number of halogens is 2. The number of rotatable bonds is 2. The number of aromatic nitrogens is 1. The first-order chi connectivity index (χ1) is 7.20. The Labute approximate surface area is 103 Å². The minimum atomic E-state index is 0.554. The molecule has 1 aromatic heterocycles. The number of aromatic amines is 1. The Kier molecular flexibility index (Phi) is 3.17. The van der Waals surface area contributed by atoms with Crippen LogP contribution < -0.4 is 0 Å². The van der Waals surface area contributed by atoms with Crippen LogP contribution in [0.2, 0.25) is 0 Å². The van der Waals surface area contributed by atoms with Crippen molar-refractivity contribution in [3.63, 3.8) is 0 Å². The molecule has 0 aliphatic heterocycles. The molecule has 0 atom stereocenters. The van der Waals surface area contributed by atoms with E-state index < -0.39 is 0 Å². The largest absolute Gasteiger partial charge is 0.358 e. The van der Waals surface area contributed by atoms with Crippen LogP contribution in [0.5, 0.6) is 0 Å². The van der Waals surface area contributed by atoms with Gasteiger partial charge in [-0.05, 0) is 36.2 Å². The van der Waals surface area contributed by atoms with E-state index in [1.54, 1.807) is 0 Å². The number of H-pyrrole nitrogens is 1. The van der Waals surface area contributed by atoms with Gasteiger partial charge in [0.05, 0.1) is 0 Å². The van der Waals surface area contributed by atoms with Crippen LogP contribution in [0.4, 0.5) is 0 Å². The summed E-state index contributed by atoms with van der Waals surface area (Å²) in [6, 6.07) is 10.3. The Morgan fingerprint density at radius 2 is 1.93 bits per heavy atom. The molecule has 0 radical (unpaired) electrons. The first-order valence-electron chi connectivity index (χ1n) is 4.71. The van der Waals surface area contributed by atoms with E-state index in [1.807, 2.05) is 19.1 Å². The van der Waals surface area contributed by atoms with Crippen LogP contribution in [0, 0.1) is 6.92 Å². The number of aryl methyl sites for hydroxylation is 1. The van der Waals surface area contributed by atoms with Crippen molar-refractivity contribution in [1.82, 2.24) is 4.98 Å². The summed E-state index contributed by atoms with van der Waals surface area (Å²) < 4.78 is 1.09. The van der Waals surface area contributed by atoms with E-state index in [2.05, 4.69) is 39.1 Å². The lowest BCUT2D eigenvalue weighted by Gasteiger charge is -1.97. The van der Waals surface area contributed by atoms with E-state index in [0.29, 0.717) is 5.88 Å². The van der Waals surface area contributed by atoms with Gasteiger partial charge in [-0.3, -0.25) is 0 Å². The molecular formula is C12H11BrClN. The highest BCUT2D eigenvalue weighted by Crippen LogP contribution is 2.24. The summed E-state index contributed by atoms with van der Waals surface area (Å²) in [6.07, 6.45) is 0. The Balaban J connectivity index is 2.41. The highest BCUT2D eigenvalue weighted by Gasteiger charge is 2.04. The average molecular weight is 285 g/mol. The summed E-state index contributed by atoms with van der Waals surface area (Å²) in [7, 11) is 0. The molecule has 2 rings (SSSR count). The van der Waals surface area contributed by atoms with Gasteiger partial charge in [-0.15, -0.1) is 11.6 Å². The molecule has 1 aromatic carbocycles. The molecule has 0 unspecified atom stereocenters. The number of alkyl halides is 1. The fraction of sp³-hybridized carbons (Fsp3) is 0.167. The zero-order valence-electron chi connectivity index (χ0n) is 8.35. The van der Waals surface area contributed by atoms with Gasteiger partial charge in [-0.2, -0.15) is 0 Å². The Hall–Kier alpha value is -0.730. The zero-order valence-corrected chi connectivity index (χ0v) is 10.7. The Bertz CT molecular complexity index is 459. The molecule has 0 saturated heterocycles. The minimum Gasteiger partial charge on any atom is -0.358 e. The van der Waals surface area contributed by atoms with Crippen molar-refractivity contribution < 1.29 is 0 Å². The summed E-state index contributed by atoms with van der Waals surface area (Å²) in [5.41, 5.74) is 4.60. The lowest BCUT2D eigenvalue weighted by Crippen LogP contribution is -1.77. The predicted octanol–water partition coefficient (Wildman–Crippen LogP) is 4.49. The second-order valence-electron chi connectivity index (χ2n) is 3.47. The molecule has 2 aromatic rings. The van der Waals surface area contributed by atoms with Gasteiger partial charge in [-0.25, -0.2) is 0 Å². The van der Waals surface area contributed by atoms with Gasteiger partial charge in [0.1, 0.15) is 0 Å². The van der Waals surface area contributed by atoms with Crippen molar-refractivity contribution in [2.45, 2.75) is 12.8 Å². The standard InChI is InChI=1S/C12H11BrClN/c1-8-10(7-14)6-12(15-8)9-2-4-11(13)5-3-9/h2-6,15H,7H2,1H3. The summed E-state index contributed by atoms with van der Waals surface area (Å²) in [5, 5.41) is 0. The molecular weight excluding hydrogens is 273 g/mol. The van der Waals surface area contributed by atoms with E-state index in [-0.39, 0.29) is 0 Å². The second kappa shape index (κ2) is 4.42. The van der Waals surface area contributed by atoms with Crippen LogP contribution in [-0.2, 0) is 5.88 Å². The van der Waals surface area contributed by atoms with Crippen LogP contribution in [0.15, 0.2) is 34.8 Å². The van der Waals surface area contributed by atoms with Crippen LogP contribution in [0.1, 0.15) is 11.3 Å². The molecule has 15 heavy (non-hydrogen) atoms. The molecule has 0 fully saturated rings. The van der Waals surface area contributed by atoms with Crippen LogP contribution in [0.25, 0.3) is 11.3 Å². The third kappa shape index (κ3) is 2.27. The SMILES string of the molecule is Cc1[nH]c(-c2ccc(Br)cc2)cc1CCl. The molecule has 0 spiro atoms. The van der Waals surface area contributed by atoms with Gasteiger partial charge >= 0.3 is 0 Å².